The van der Waals surface area contributed by atoms with Crippen LogP contribution in [0.5, 0.6) is 5.75 Å². The number of nitrogens with one attached hydrogen (secondary N) is 2. The van der Waals surface area contributed by atoms with Crippen LogP contribution in [-0.2, 0) is 0 Å². The first-order valence-corrected chi connectivity index (χ1v) is 9.61. The summed E-state index contributed by atoms with van der Waals surface area (Å²) in [5, 5.41) is 5.95. The fourth-order valence-electron chi connectivity index (χ4n) is 3.36. The monoisotopic (exact) mass is 366 g/mol. The lowest BCUT2D eigenvalue weighted by atomic mass is 9.95. The van der Waals surface area contributed by atoms with E-state index in [0.29, 0.717) is 29.2 Å². The van der Waals surface area contributed by atoms with Crippen molar-refractivity contribution >= 4 is 17.5 Å². The average Bonchev–Trinajstić information content (AvgIpc) is 2.70. The van der Waals surface area contributed by atoms with Crippen molar-refractivity contribution < 1.29 is 14.3 Å². The van der Waals surface area contributed by atoms with E-state index in [-0.39, 0.29) is 17.9 Å². The van der Waals surface area contributed by atoms with Crippen molar-refractivity contribution in [3.05, 3.63) is 59.7 Å². The molecule has 5 heteroatoms. The Morgan fingerprint density at radius 1 is 0.963 bits per heavy atom. The molecule has 0 heterocycles. The second kappa shape index (κ2) is 9.21. The normalized spacial score (nSPS) is 14.4. The number of carbonyl (C=O) groups excluding carboxylic acids is 2. The molecule has 0 aliphatic heterocycles. The number of carbonyl (C=O) groups is 2. The Morgan fingerprint density at radius 3 is 2.41 bits per heavy atom. The number of ether oxygens (including phenoxy) is 1. The van der Waals surface area contributed by atoms with Crippen molar-refractivity contribution in [3.8, 4) is 5.75 Å². The van der Waals surface area contributed by atoms with Gasteiger partial charge < -0.3 is 15.4 Å². The molecule has 0 spiro atoms. The van der Waals surface area contributed by atoms with Crippen LogP contribution >= 0.6 is 0 Å². The molecule has 3 rings (SSSR count). The lowest BCUT2D eigenvalue weighted by Gasteiger charge is -2.22. The molecule has 0 unspecified atom stereocenters. The summed E-state index contributed by atoms with van der Waals surface area (Å²) in [7, 11) is 0. The van der Waals surface area contributed by atoms with E-state index in [4.69, 9.17) is 4.74 Å². The fraction of sp³-hybridized carbons (Fsp3) is 0.364. The van der Waals surface area contributed by atoms with Gasteiger partial charge in [0.25, 0.3) is 11.8 Å². The maximum absolute atomic E-state index is 12.6. The molecule has 27 heavy (non-hydrogen) atoms. The third kappa shape index (κ3) is 5.09. The van der Waals surface area contributed by atoms with E-state index in [9.17, 15) is 9.59 Å². The van der Waals surface area contributed by atoms with Crippen molar-refractivity contribution in [1.82, 2.24) is 5.32 Å². The number of benzene rings is 2. The molecule has 1 saturated carbocycles. The summed E-state index contributed by atoms with van der Waals surface area (Å²) in [5.41, 5.74) is 1.56. The lowest BCUT2D eigenvalue weighted by molar-refractivity contribution is 0.0927. The minimum Gasteiger partial charge on any atom is -0.492 e. The smallest absolute Gasteiger partial charge is 0.255 e. The quantitative estimate of drug-likeness (QED) is 0.796. The van der Waals surface area contributed by atoms with Crippen molar-refractivity contribution in [2.75, 3.05) is 11.9 Å². The second-order valence-electron chi connectivity index (χ2n) is 6.77. The molecule has 1 aliphatic carbocycles. The minimum atomic E-state index is -0.269. The highest BCUT2D eigenvalue weighted by molar-refractivity contribution is 6.06. The zero-order valence-corrected chi connectivity index (χ0v) is 15.7. The molecule has 1 fully saturated rings. The van der Waals surface area contributed by atoms with Gasteiger partial charge in [0.2, 0.25) is 0 Å². The standard InChI is InChI=1S/C22H26N2O3/c1-2-27-20-14-7-6-13-19(20)24-22(26)17-10-8-9-16(15-17)21(25)23-18-11-4-3-5-12-18/h6-10,13-15,18H,2-5,11-12H2,1H3,(H,23,25)(H,24,26). The number of hydrogen-bond acceptors (Lipinski definition) is 3. The molecule has 0 atom stereocenters. The van der Waals surface area contributed by atoms with Crippen LogP contribution in [0.3, 0.4) is 0 Å². The third-order valence-electron chi connectivity index (χ3n) is 4.76. The SMILES string of the molecule is CCOc1ccccc1NC(=O)c1cccc(C(=O)NC2CCCCC2)c1. The van der Waals surface area contributed by atoms with E-state index in [1.165, 1.54) is 6.42 Å². The average molecular weight is 366 g/mol. The molecule has 0 saturated heterocycles. The van der Waals surface area contributed by atoms with Gasteiger partial charge in [-0.05, 0) is 50.1 Å². The summed E-state index contributed by atoms with van der Waals surface area (Å²) < 4.78 is 5.54. The van der Waals surface area contributed by atoms with E-state index < -0.39 is 0 Å². The van der Waals surface area contributed by atoms with Gasteiger partial charge in [-0.3, -0.25) is 9.59 Å². The molecular formula is C22H26N2O3. The molecular weight excluding hydrogens is 340 g/mol. The molecule has 0 aromatic heterocycles. The molecule has 0 bridgehead atoms. The van der Waals surface area contributed by atoms with Crippen LogP contribution in [0.25, 0.3) is 0 Å². The van der Waals surface area contributed by atoms with E-state index >= 15 is 0 Å². The van der Waals surface area contributed by atoms with Crippen LogP contribution in [0.15, 0.2) is 48.5 Å². The van der Waals surface area contributed by atoms with E-state index in [2.05, 4.69) is 10.6 Å². The van der Waals surface area contributed by atoms with Gasteiger partial charge in [-0.15, -0.1) is 0 Å². The zero-order valence-electron chi connectivity index (χ0n) is 15.7. The van der Waals surface area contributed by atoms with Gasteiger partial charge in [0, 0.05) is 17.2 Å². The van der Waals surface area contributed by atoms with Crippen LogP contribution in [0.4, 0.5) is 5.69 Å². The van der Waals surface area contributed by atoms with Crippen LogP contribution in [0, 0.1) is 0 Å². The summed E-state index contributed by atoms with van der Waals surface area (Å²) >= 11 is 0. The second-order valence-corrected chi connectivity index (χ2v) is 6.77. The number of rotatable bonds is 6. The topological polar surface area (TPSA) is 67.4 Å². The maximum Gasteiger partial charge on any atom is 0.255 e. The summed E-state index contributed by atoms with van der Waals surface area (Å²) in [4.78, 5) is 25.2. The molecule has 5 nitrogen and oxygen atoms in total. The number of amides is 2. The Bertz CT molecular complexity index is 798. The Kier molecular flexibility index (Phi) is 6.47. The fourth-order valence-corrected chi connectivity index (χ4v) is 3.36. The largest absolute Gasteiger partial charge is 0.492 e. The summed E-state index contributed by atoms with van der Waals surface area (Å²) in [6.45, 7) is 2.41. The van der Waals surface area contributed by atoms with Gasteiger partial charge in [0.05, 0.1) is 12.3 Å². The first kappa shape index (κ1) is 19.0. The van der Waals surface area contributed by atoms with Gasteiger partial charge in [0.15, 0.2) is 0 Å². The first-order chi connectivity index (χ1) is 13.2. The number of para-hydroxylation sites is 2. The maximum atomic E-state index is 12.6. The molecule has 142 valence electrons. The molecule has 2 aromatic carbocycles. The summed E-state index contributed by atoms with van der Waals surface area (Å²) in [6, 6.07) is 14.4. The third-order valence-corrected chi connectivity index (χ3v) is 4.76. The first-order valence-electron chi connectivity index (χ1n) is 9.61. The summed E-state index contributed by atoms with van der Waals surface area (Å²) in [5.74, 6) is 0.236. The molecule has 2 N–H and O–H groups in total. The molecule has 2 aromatic rings. The number of hydrogen-bond donors (Lipinski definition) is 2. The van der Waals surface area contributed by atoms with Crippen molar-refractivity contribution in [2.24, 2.45) is 0 Å². The Morgan fingerprint density at radius 2 is 1.67 bits per heavy atom. The number of anilines is 1. The highest BCUT2D eigenvalue weighted by Crippen LogP contribution is 2.24. The van der Waals surface area contributed by atoms with Crippen LogP contribution in [0.1, 0.15) is 59.7 Å². The zero-order chi connectivity index (χ0) is 19.1. The molecule has 0 radical (unpaired) electrons. The van der Waals surface area contributed by atoms with Gasteiger partial charge in [0.1, 0.15) is 5.75 Å². The van der Waals surface area contributed by atoms with E-state index in [1.54, 1.807) is 30.3 Å². The lowest BCUT2D eigenvalue weighted by Crippen LogP contribution is -2.36. The van der Waals surface area contributed by atoms with Crippen LogP contribution < -0.4 is 15.4 Å². The van der Waals surface area contributed by atoms with Gasteiger partial charge in [-0.1, -0.05) is 37.5 Å². The van der Waals surface area contributed by atoms with E-state index in [1.807, 2.05) is 25.1 Å². The molecule has 1 aliphatic rings. The van der Waals surface area contributed by atoms with E-state index in [0.717, 1.165) is 25.7 Å². The van der Waals surface area contributed by atoms with Crippen LogP contribution in [0.2, 0.25) is 0 Å². The Labute approximate surface area is 160 Å². The van der Waals surface area contributed by atoms with Gasteiger partial charge in [-0.25, -0.2) is 0 Å². The highest BCUT2D eigenvalue weighted by atomic mass is 16.5. The van der Waals surface area contributed by atoms with Gasteiger partial charge in [-0.2, -0.15) is 0 Å². The minimum absolute atomic E-state index is 0.119. The van der Waals surface area contributed by atoms with Crippen molar-refractivity contribution in [2.45, 2.75) is 45.1 Å². The Balaban J connectivity index is 1.69. The summed E-state index contributed by atoms with van der Waals surface area (Å²) in [6.07, 6.45) is 5.62. The Hall–Kier alpha value is -2.82. The highest BCUT2D eigenvalue weighted by Gasteiger charge is 2.18. The van der Waals surface area contributed by atoms with Gasteiger partial charge >= 0.3 is 0 Å². The van der Waals surface area contributed by atoms with Crippen molar-refractivity contribution in [1.29, 1.82) is 0 Å². The van der Waals surface area contributed by atoms with Crippen LogP contribution in [-0.4, -0.2) is 24.5 Å². The molecule has 2 amide bonds. The van der Waals surface area contributed by atoms with Crippen molar-refractivity contribution in [3.63, 3.8) is 0 Å². The predicted octanol–water partition coefficient (Wildman–Crippen LogP) is 4.40. The predicted molar refractivity (Wildman–Crippen MR) is 106 cm³/mol.